The molecule has 0 saturated heterocycles. The Labute approximate surface area is 98.1 Å². The smallest absolute Gasteiger partial charge is 0.257 e. The number of rotatable bonds is 4. The maximum absolute atomic E-state index is 11.7. The molecule has 0 amide bonds. The number of nitrogens with zero attached hydrogens (tertiary/aromatic N) is 2. The van der Waals surface area contributed by atoms with Crippen LogP contribution in [0.4, 0.5) is 11.9 Å². The molecule has 1 aromatic heterocycles. The summed E-state index contributed by atoms with van der Waals surface area (Å²) in [5.74, 6) is -0.136. The van der Waals surface area contributed by atoms with Crippen molar-refractivity contribution in [3.63, 3.8) is 0 Å². The molecule has 1 heterocycles. The first-order valence-corrected chi connectivity index (χ1v) is 6.43. The van der Waals surface area contributed by atoms with E-state index >= 15 is 0 Å². The largest absolute Gasteiger partial charge is 0.368 e. The normalized spacial score (nSPS) is 11.3. The van der Waals surface area contributed by atoms with E-state index in [0.29, 0.717) is 5.56 Å². The van der Waals surface area contributed by atoms with Gasteiger partial charge in [0.15, 0.2) is 0 Å². The Balaban J connectivity index is 2.10. The lowest BCUT2D eigenvalue weighted by Gasteiger charge is -2.03. The van der Waals surface area contributed by atoms with Crippen molar-refractivity contribution in [3.8, 4) is 0 Å². The molecule has 2 rings (SSSR count). The van der Waals surface area contributed by atoms with Crippen LogP contribution in [0.3, 0.4) is 0 Å². The molecule has 0 fully saturated rings. The number of sulfonamides is 1. The summed E-state index contributed by atoms with van der Waals surface area (Å²) in [5, 5.41) is 5.94. The maximum atomic E-state index is 11.7. The molecular formula is C9H11N5O2S. The van der Waals surface area contributed by atoms with Gasteiger partial charge in [0.1, 0.15) is 0 Å². The van der Waals surface area contributed by atoms with Crippen LogP contribution >= 0.6 is 0 Å². The third kappa shape index (κ3) is 3.18. The Morgan fingerprint density at radius 2 is 2.00 bits per heavy atom. The molecule has 2 aromatic rings. The Morgan fingerprint density at radius 3 is 2.59 bits per heavy atom. The molecule has 0 bridgehead atoms. The number of nitrogens with two attached hydrogens (primary N) is 1. The van der Waals surface area contributed by atoms with Crippen LogP contribution in [0.1, 0.15) is 5.56 Å². The Kier molecular flexibility index (Phi) is 2.96. The number of aromatic amines is 1. The van der Waals surface area contributed by atoms with Gasteiger partial charge in [0.05, 0.1) is 5.75 Å². The zero-order valence-corrected chi connectivity index (χ0v) is 9.61. The van der Waals surface area contributed by atoms with Gasteiger partial charge in [0, 0.05) is 0 Å². The molecule has 17 heavy (non-hydrogen) atoms. The van der Waals surface area contributed by atoms with Crippen molar-refractivity contribution in [2.45, 2.75) is 5.75 Å². The van der Waals surface area contributed by atoms with E-state index in [-0.39, 0.29) is 17.6 Å². The Bertz CT molecular complexity index is 593. The van der Waals surface area contributed by atoms with Crippen LogP contribution in [0.25, 0.3) is 0 Å². The molecule has 0 radical (unpaired) electrons. The highest BCUT2D eigenvalue weighted by Crippen LogP contribution is 2.08. The first kappa shape index (κ1) is 11.4. The fourth-order valence-electron chi connectivity index (χ4n) is 1.29. The van der Waals surface area contributed by atoms with E-state index in [1.54, 1.807) is 24.3 Å². The minimum Gasteiger partial charge on any atom is -0.368 e. The summed E-state index contributed by atoms with van der Waals surface area (Å²) in [6, 6.07) is 8.82. The second-order valence-electron chi connectivity index (χ2n) is 3.39. The lowest BCUT2D eigenvalue weighted by Crippen LogP contribution is -2.16. The molecule has 7 nitrogen and oxygen atoms in total. The van der Waals surface area contributed by atoms with Crippen LogP contribution in [0.2, 0.25) is 0 Å². The fourth-order valence-corrected chi connectivity index (χ4v) is 2.36. The molecule has 0 atom stereocenters. The summed E-state index contributed by atoms with van der Waals surface area (Å²) in [6.07, 6.45) is 0. The van der Waals surface area contributed by atoms with Crippen molar-refractivity contribution in [2.75, 3.05) is 10.5 Å². The average molecular weight is 253 g/mol. The standard InChI is InChI=1S/C9H11N5O2S/c10-8-11-9(13-12-8)14-17(15,16)6-7-4-2-1-3-5-7/h1-5H,6H2,(H4,10,11,12,13,14). The molecule has 0 aliphatic carbocycles. The van der Waals surface area contributed by atoms with E-state index in [1.165, 1.54) is 0 Å². The highest BCUT2D eigenvalue weighted by atomic mass is 32.2. The molecule has 0 spiro atoms. The van der Waals surface area contributed by atoms with Gasteiger partial charge in [-0.1, -0.05) is 30.3 Å². The monoisotopic (exact) mass is 253 g/mol. The van der Waals surface area contributed by atoms with Crippen molar-refractivity contribution < 1.29 is 8.42 Å². The SMILES string of the molecule is Nc1nc(NS(=O)(=O)Cc2ccccc2)n[nH]1. The quantitative estimate of drug-likeness (QED) is 0.726. The third-order valence-corrected chi connectivity index (χ3v) is 3.16. The summed E-state index contributed by atoms with van der Waals surface area (Å²) in [6.45, 7) is 0. The molecule has 0 aliphatic rings. The molecule has 0 saturated carbocycles. The van der Waals surface area contributed by atoms with Gasteiger partial charge >= 0.3 is 0 Å². The van der Waals surface area contributed by atoms with E-state index in [9.17, 15) is 8.42 Å². The number of aromatic nitrogens is 3. The second-order valence-corrected chi connectivity index (χ2v) is 5.11. The van der Waals surface area contributed by atoms with Crippen molar-refractivity contribution in [2.24, 2.45) is 0 Å². The highest BCUT2D eigenvalue weighted by molar-refractivity contribution is 7.91. The number of hydrogen-bond donors (Lipinski definition) is 3. The number of hydrogen-bond acceptors (Lipinski definition) is 5. The summed E-state index contributed by atoms with van der Waals surface area (Å²) < 4.78 is 25.7. The molecule has 8 heteroatoms. The molecule has 1 aromatic carbocycles. The topological polar surface area (TPSA) is 114 Å². The first-order chi connectivity index (χ1) is 8.05. The predicted molar refractivity (Wildman–Crippen MR) is 63.5 cm³/mol. The minimum absolute atomic E-state index is 0.0570. The van der Waals surface area contributed by atoms with E-state index in [1.807, 2.05) is 6.07 Å². The van der Waals surface area contributed by atoms with Gasteiger partial charge in [0.25, 0.3) is 5.95 Å². The van der Waals surface area contributed by atoms with Crippen molar-refractivity contribution in [1.29, 1.82) is 0 Å². The van der Waals surface area contributed by atoms with Gasteiger partial charge in [-0.05, 0) is 5.56 Å². The highest BCUT2D eigenvalue weighted by Gasteiger charge is 2.13. The summed E-state index contributed by atoms with van der Waals surface area (Å²) in [4.78, 5) is 3.66. The van der Waals surface area contributed by atoms with E-state index < -0.39 is 10.0 Å². The number of anilines is 2. The number of nitrogen functional groups attached to an aromatic ring is 1. The van der Waals surface area contributed by atoms with Gasteiger partial charge in [-0.25, -0.2) is 18.2 Å². The van der Waals surface area contributed by atoms with Gasteiger partial charge in [0.2, 0.25) is 16.0 Å². The molecule has 90 valence electrons. The summed E-state index contributed by atoms with van der Waals surface area (Å²) >= 11 is 0. The van der Waals surface area contributed by atoms with Gasteiger partial charge in [-0.3, -0.25) is 0 Å². The van der Waals surface area contributed by atoms with Gasteiger partial charge < -0.3 is 5.73 Å². The fraction of sp³-hybridized carbons (Fsp3) is 0.111. The lowest BCUT2D eigenvalue weighted by atomic mass is 10.2. The van der Waals surface area contributed by atoms with Crippen LogP contribution in [-0.2, 0) is 15.8 Å². The molecule has 0 unspecified atom stereocenters. The lowest BCUT2D eigenvalue weighted by molar-refractivity contribution is 0.600. The van der Waals surface area contributed by atoms with Crippen LogP contribution in [0.5, 0.6) is 0 Å². The van der Waals surface area contributed by atoms with E-state index in [0.717, 1.165) is 0 Å². The van der Waals surface area contributed by atoms with Crippen LogP contribution in [0.15, 0.2) is 30.3 Å². The van der Waals surface area contributed by atoms with Gasteiger partial charge in [-0.2, -0.15) is 4.98 Å². The average Bonchev–Trinajstić information content (AvgIpc) is 2.63. The zero-order chi connectivity index (χ0) is 12.3. The maximum Gasteiger partial charge on any atom is 0.257 e. The van der Waals surface area contributed by atoms with Crippen LogP contribution < -0.4 is 10.5 Å². The summed E-state index contributed by atoms with van der Waals surface area (Å²) in [7, 11) is -3.52. The number of nitrogens with one attached hydrogen (secondary N) is 2. The zero-order valence-electron chi connectivity index (χ0n) is 8.79. The van der Waals surface area contributed by atoms with E-state index in [4.69, 9.17) is 5.73 Å². The Hall–Kier alpha value is -2.09. The third-order valence-electron chi connectivity index (χ3n) is 1.95. The van der Waals surface area contributed by atoms with Gasteiger partial charge in [-0.15, -0.1) is 5.10 Å². The number of H-pyrrole nitrogens is 1. The first-order valence-electron chi connectivity index (χ1n) is 4.77. The van der Waals surface area contributed by atoms with E-state index in [2.05, 4.69) is 19.9 Å². The predicted octanol–water partition coefficient (Wildman–Crippen LogP) is 0.329. The molecule has 0 aliphatic heterocycles. The molecular weight excluding hydrogens is 242 g/mol. The number of benzene rings is 1. The Morgan fingerprint density at radius 1 is 1.29 bits per heavy atom. The van der Waals surface area contributed by atoms with Crippen LogP contribution in [0, 0.1) is 0 Å². The molecule has 4 N–H and O–H groups in total. The summed E-state index contributed by atoms with van der Waals surface area (Å²) in [5.41, 5.74) is 5.97. The second kappa shape index (κ2) is 4.42. The minimum atomic E-state index is -3.52. The van der Waals surface area contributed by atoms with Crippen LogP contribution in [-0.4, -0.2) is 23.6 Å². The van der Waals surface area contributed by atoms with Crippen molar-refractivity contribution >= 4 is 21.9 Å². The van der Waals surface area contributed by atoms with Crippen molar-refractivity contribution in [3.05, 3.63) is 35.9 Å². The van der Waals surface area contributed by atoms with Crippen molar-refractivity contribution in [1.82, 2.24) is 15.2 Å².